The average Bonchev–Trinajstić information content (AvgIpc) is 3.40. The van der Waals surface area contributed by atoms with Crippen molar-refractivity contribution in [2.45, 2.75) is 13.0 Å². The van der Waals surface area contributed by atoms with Gasteiger partial charge in [-0.3, -0.25) is 0 Å². The van der Waals surface area contributed by atoms with Gasteiger partial charge in [0.2, 0.25) is 5.95 Å². The number of ether oxygens (including phenoxy) is 1. The first-order valence-electron chi connectivity index (χ1n) is 8.17. The average molecular weight is 351 g/mol. The molecule has 26 heavy (non-hydrogen) atoms. The highest BCUT2D eigenvalue weighted by atomic mass is 19.1. The summed E-state index contributed by atoms with van der Waals surface area (Å²) in [5, 5.41) is 15.5. The molecule has 1 aromatic carbocycles. The van der Waals surface area contributed by atoms with Gasteiger partial charge in [-0.05, 0) is 18.2 Å². The van der Waals surface area contributed by atoms with Crippen LogP contribution in [0.4, 0.5) is 10.3 Å². The number of aromatic nitrogens is 6. The maximum atomic E-state index is 14.3. The van der Waals surface area contributed by atoms with Gasteiger partial charge in [-0.15, -0.1) is 10.2 Å². The van der Waals surface area contributed by atoms with Crippen molar-refractivity contribution in [2.75, 3.05) is 11.9 Å². The van der Waals surface area contributed by atoms with E-state index in [0.717, 1.165) is 11.3 Å². The minimum Gasteiger partial charge on any atom is -0.493 e. The Hall–Kier alpha value is -3.49. The highest BCUT2D eigenvalue weighted by molar-refractivity contribution is 5.60. The van der Waals surface area contributed by atoms with Crippen molar-refractivity contribution in [3.8, 4) is 11.4 Å². The molecule has 0 saturated carbocycles. The Morgan fingerprint density at radius 3 is 3.15 bits per heavy atom. The number of halogens is 1. The van der Waals surface area contributed by atoms with Crippen molar-refractivity contribution in [1.29, 1.82) is 0 Å². The van der Waals surface area contributed by atoms with Gasteiger partial charge < -0.3 is 10.1 Å². The molecule has 4 aromatic rings. The van der Waals surface area contributed by atoms with E-state index in [-0.39, 0.29) is 5.82 Å². The van der Waals surface area contributed by atoms with Crippen LogP contribution >= 0.6 is 0 Å². The SMILES string of the molecule is Fc1ccc2c(c1CNc1ncc(-n3cccn3)c3nncn13)CCO2. The zero-order valence-electron chi connectivity index (χ0n) is 13.6. The van der Waals surface area contributed by atoms with E-state index in [1.165, 1.54) is 6.07 Å². The number of hydrogen-bond acceptors (Lipinski definition) is 6. The van der Waals surface area contributed by atoms with Gasteiger partial charge in [-0.1, -0.05) is 0 Å². The molecule has 0 saturated heterocycles. The Morgan fingerprint density at radius 2 is 2.27 bits per heavy atom. The lowest BCUT2D eigenvalue weighted by atomic mass is 10.0. The maximum absolute atomic E-state index is 14.3. The van der Waals surface area contributed by atoms with Gasteiger partial charge in [-0.25, -0.2) is 18.5 Å². The van der Waals surface area contributed by atoms with Gasteiger partial charge in [-0.2, -0.15) is 5.10 Å². The van der Waals surface area contributed by atoms with E-state index in [2.05, 4.69) is 25.6 Å². The summed E-state index contributed by atoms with van der Waals surface area (Å²) in [5.41, 5.74) is 2.82. The summed E-state index contributed by atoms with van der Waals surface area (Å²) in [7, 11) is 0. The summed E-state index contributed by atoms with van der Waals surface area (Å²) in [4.78, 5) is 4.43. The Balaban J connectivity index is 1.49. The lowest BCUT2D eigenvalue weighted by Gasteiger charge is -2.12. The Kier molecular flexibility index (Phi) is 3.30. The summed E-state index contributed by atoms with van der Waals surface area (Å²) in [5.74, 6) is 1.02. The molecule has 0 unspecified atom stereocenters. The van der Waals surface area contributed by atoms with Crippen LogP contribution in [0.15, 0.2) is 43.1 Å². The highest BCUT2D eigenvalue weighted by Crippen LogP contribution is 2.30. The number of anilines is 1. The van der Waals surface area contributed by atoms with Crippen LogP contribution < -0.4 is 10.1 Å². The fourth-order valence-corrected chi connectivity index (χ4v) is 3.18. The molecule has 0 bridgehead atoms. The van der Waals surface area contributed by atoms with Gasteiger partial charge in [0.1, 0.15) is 23.6 Å². The summed E-state index contributed by atoms with van der Waals surface area (Å²) < 4.78 is 23.2. The first kappa shape index (κ1) is 14.8. The third-order valence-corrected chi connectivity index (χ3v) is 4.43. The minimum absolute atomic E-state index is 0.255. The van der Waals surface area contributed by atoms with Crippen LogP contribution in [0.25, 0.3) is 11.3 Å². The lowest BCUT2D eigenvalue weighted by Crippen LogP contribution is -2.10. The van der Waals surface area contributed by atoms with Gasteiger partial charge in [0.15, 0.2) is 5.65 Å². The predicted molar refractivity (Wildman–Crippen MR) is 90.8 cm³/mol. The van der Waals surface area contributed by atoms with E-state index < -0.39 is 0 Å². The summed E-state index contributed by atoms with van der Waals surface area (Å²) >= 11 is 0. The fraction of sp³-hybridized carbons (Fsp3) is 0.176. The van der Waals surface area contributed by atoms with Crippen LogP contribution in [0.2, 0.25) is 0 Å². The van der Waals surface area contributed by atoms with Crippen molar-refractivity contribution < 1.29 is 9.13 Å². The molecule has 8 nitrogen and oxygen atoms in total. The molecule has 0 atom stereocenters. The fourth-order valence-electron chi connectivity index (χ4n) is 3.18. The van der Waals surface area contributed by atoms with Gasteiger partial charge in [0, 0.05) is 36.5 Å². The topological polar surface area (TPSA) is 82.2 Å². The second kappa shape index (κ2) is 5.80. The zero-order chi connectivity index (χ0) is 17.5. The molecule has 0 spiro atoms. The van der Waals surface area contributed by atoms with Crippen LogP contribution in [-0.2, 0) is 13.0 Å². The van der Waals surface area contributed by atoms with Crippen molar-refractivity contribution in [3.63, 3.8) is 0 Å². The zero-order valence-corrected chi connectivity index (χ0v) is 13.6. The summed E-state index contributed by atoms with van der Waals surface area (Å²) in [6.45, 7) is 0.873. The number of nitrogens with one attached hydrogen (secondary N) is 1. The van der Waals surface area contributed by atoms with Gasteiger partial charge in [0.25, 0.3) is 0 Å². The van der Waals surface area contributed by atoms with E-state index in [1.54, 1.807) is 40.1 Å². The van der Waals surface area contributed by atoms with E-state index in [1.807, 2.05) is 6.07 Å². The highest BCUT2D eigenvalue weighted by Gasteiger charge is 2.20. The van der Waals surface area contributed by atoms with Crippen LogP contribution in [0, 0.1) is 5.82 Å². The van der Waals surface area contributed by atoms with E-state index in [4.69, 9.17) is 4.74 Å². The second-order valence-electron chi connectivity index (χ2n) is 5.90. The Bertz CT molecular complexity index is 1090. The Morgan fingerprint density at radius 1 is 1.31 bits per heavy atom. The first-order valence-corrected chi connectivity index (χ1v) is 8.17. The van der Waals surface area contributed by atoms with E-state index in [0.29, 0.717) is 42.4 Å². The second-order valence-corrected chi connectivity index (χ2v) is 5.90. The molecule has 0 aliphatic carbocycles. The van der Waals surface area contributed by atoms with Gasteiger partial charge >= 0.3 is 0 Å². The van der Waals surface area contributed by atoms with Crippen molar-refractivity contribution in [2.24, 2.45) is 0 Å². The molecule has 1 N–H and O–H groups in total. The molecule has 0 amide bonds. The molecule has 0 fully saturated rings. The van der Waals surface area contributed by atoms with Crippen molar-refractivity contribution >= 4 is 11.6 Å². The molecular formula is C17H14FN7O. The third kappa shape index (κ3) is 2.28. The van der Waals surface area contributed by atoms with Crippen LogP contribution in [-0.4, -0.2) is 36.0 Å². The number of benzene rings is 1. The Labute approximate surface area is 147 Å². The largest absolute Gasteiger partial charge is 0.493 e. The monoisotopic (exact) mass is 351 g/mol. The molecule has 9 heteroatoms. The first-order chi connectivity index (χ1) is 12.8. The van der Waals surface area contributed by atoms with E-state index >= 15 is 0 Å². The van der Waals surface area contributed by atoms with Gasteiger partial charge in [0.05, 0.1) is 12.8 Å². The quantitative estimate of drug-likeness (QED) is 0.606. The minimum atomic E-state index is -0.255. The van der Waals surface area contributed by atoms with Crippen LogP contribution in [0.3, 0.4) is 0 Å². The number of rotatable bonds is 4. The maximum Gasteiger partial charge on any atom is 0.210 e. The predicted octanol–water partition coefficient (Wildman–Crippen LogP) is 2.00. The smallest absolute Gasteiger partial charge is 0.210 e. The summed E-state index contributed by atoms with van der Waals surface area (Å²) in [6, 6.07) is 4.93. The molecule has 1 aliphatic heterocycles. The number of fused-ring (bicyclic) bond motifs is 2. The van der Waals surface area contributed by atoms with E-state index in [9.17, 15) is 4.39 Å². The molecule has 4 heterocycles. The standard InChI is InChI=1S/C17H14FN7O/c18-13-2-3-15-11(4-7-26-15)12(13)8-19-17-20-9-14(25-6-1-5-22-25)16-23-21-10-24(16)17/h1-3,5-6,9-10H,4,7-8H2,(H,19,20). The third-order valence-electron chi connectivity index (χ3n) is 4.43. The van der Waals surface area contributed by atoms with Crippen LogP contribution in [0.5, 0.6) is 5.75 Å². The molecule has 130 valence electrons. The van der Waals surface area contributed by atoms with Crippen molar-refractivity contribution in [3.05, 3.63) is 60.1 Å². The normalized spacial score (nSPS) is 13.0. The molecule has 1 aliphatic rings. The molecule has 3 aromatic heterocycles. The summed E-state index contributed by atoms with van der Waals surface area (Å²) in [6.07, 6.45) is 7.42. The number of nitrogens with zero attached hydrogens (tertiary/aromatic N) is 6. The lowest BCUT2D eigenvalue weighted by molar-refractivity contribution is 0.356. The molecule has 5 rings (SSSR count). The van der Waals surface area contributed by atoms with Crippen molar-refractivity contribution in [1.82, 2.24) is 29.4 Å². The van der Waals surface area contributed by atoms with Crippen LogP contribution in [0.1, 0.15) is 11.1 Å². The number of hydrogen-bond donors (Lipinski definition) is 1. The molecule has 0 radical (unpaired) electrons. The molecular weight excluding hydrogens is 337 g/mol.